The van der Waals surface area contributed by atoms with Gasteiger partial charge >= 0.3 is 0 Å². The highest BCUT2D eigenvalue weighted by atomic mass is 15.5. The van der Waals surface area contributed by atoms with Crippen LogP contribution < -0.4 is 20.2 Å². The maximum atomic E-state index is 5.24. The van der Waals surface area contributed by atoms with Gasteiger partial charge in [-0.25, -0.2) is 0 Å². The van der Waals surface area contributed by atoms with Crippen LogP contribution in [0.2, 0.25) is 0 Å². The van der Waals surface area contributed by atoms with Gasteiger partial charge in [-0.1, -0.05) is 141 Å². The fourth-order valence-corrected chi connectivity index (χ4v) is 9.38. The first-order valence-electron chi connectivity index (χ1n) is 17.2. The van der Waals surface area contributed by atoms with Crippen LogP contribution in [-0.4, -0.2) is 0 Å². The number of anilines is 2. The highest BCUT2D eigenvalue weighted by Crippen LogP contribution is 2.62. The van der Waals surface area contributed by atoms with E-state index in [9.17, 15) is 0 Å². The number of rotatable bonds is 4. The Morgan fingerprint density at radius 2 is 1.17 bits per heavy atom. The van der Waals surface area contributed by atoms with Crippen LogP contribution in [0.5, 0.6) is 0 Å². The third-order valence-corrected chi connectivity index (χ3v) is 11.5. The molecule has 0 aromatic heterocycles. The fraction of sp³-hybridized carbons (Fsp3) is 0.156. The van der Waals surface area contributed by atoms with E-state index in [1.54, 1.807) is 0 Å². The first kappa shape index (κ1) is 27.9. The summed E-state index contributed by atoms with van der Waals surface area (Å²) >= 11 is 0. The average Bonchev–Trinajstić information content (AvgIpc) is 3.59. The molecule has 4 atom stereocenters. The topological polar surface area (TPSA) is 21.8 Å². The van der Waals surface area contributed by atoms with Crippen LogP contribution in [0.1, 0.15) is 59.9 Å². The molecule has 48 heavy (non-hydrogen) atoms. The van der Waals surface area contributed by atoms with Crippen molar-refractivity contribution in [3.8, 4) is 0 Å². The van der Waals surface area contributed by atoms with E-state index < -0.39 is 0 Å². The molecule has 2 aliphatic carbocycles. The Morgan fingerprint density at radius 1 is 0.583 bits per heavy atom. The smallest absolute Gasteiger partial charge is 0.129 e. The Hall–Kier alpha value is -5.22. The summed E-state index contributed by atoms with van der Waals surface area (Å²) in [6.07, 6.45) is 0.137. The zero-order valence-corrected chi connectivity index (χ0v) is 27.2. The van der Waals surface area contributed by atoms with Gasteiger partial charge in [0.05, 0.1) is 0 Å². The number of para-hydroxylation sites is 1. The first-order chi connectivity index (χ1) is 23.6. The summed E-state index contributed by atoms with van der Waals surface area (Å²) in [6, 6.07) is 58.2. The molecule has 0 saturated carbocycles. The lowest BCUT2D eigenvalue weighted by atomic mass is 9.66. The second-order valence-electron chi connectivity index (χ2n) is 14.2. The minimum Gasteiger partial charge on any atom is -0.548 e. The van der Waals surface area contributed by atoms with Gasteiger partial charge in [-0.05, 0) is 62.2 Å². The predicted molar refractivity (Wildman–Crippen MR) is 195 cm³/mol. The van der Waals surface area contributed by atoms with E-state index in [4.69, 9.17) is 5.32 Å². The summed E-state index contributed by atoms with van der Waals surface area (Å²) in [5, 5.41) is 7.96. The minimum atomic E-state index is -0.00832. The van der Waals surface area contributed by atoms with Gasteiger partial charge in [0.25, 0.3) is 0 Å². The van der Waals surface area contributed by atoms with Gasteiger partial charge in [0.2, 0.25) is 0 Å². The van der Waals surface area contributed by atoms with E-state index in [0.717, 1.165) is 0 Å². The number of benzene rings is 6. The van der Waals surface area contributed by atoms with Crippen molar-refractivity contribution in [3.05, 3.63) is 201 Å². The summed E-state index contributed by atoms with van der Waals surface area (Å²) in [5.74, 6) is 0.605. The van der Waals surface area contributed by atoms with Crippen molar-refractivity contribution in [2.75, 3.05) is 4.90 Å². The largest absolute Gasteiger partial charge is 0.548 e. The monoisotopic (exact) mass is 619 g/mol. The molecule has 10 rings (SSSR count). The summed E-state index contributed by atoms with van der Waals surface area (Å²) in [6.45, 7) is 4.92. The average molecular weight is 620 g/mol. The zero-order chi connectivity index (χ0) is 32.0. The maximum Gasteiger partial charge on any atom is 0.129 e. The lowest BCUT2D eigenvalue weighted by Gasteiger charge is -2.58. The van der Waals surface area contributed by atoms with Crippen LogP contribution in [0.4, 0.5) is 17.1 Å². The summed E-state index contributed by atoms with van der Waals surface area (Å²) < 4.78 is 0. The Balaban J connectivity index is 1.13. The molecule has 1 fully saturated rings. The zero-order valence-electron chi connectivity index (χ0n) is 27.2. The SMILES string of the molecule is CC1(C)c2ccccc2C2=c3ccccc3=C3C(c4ccccc4N3c3ccc([NH+]4C(c5ccccc5)[N-]C4c4ccccc4)cc3)C21. The van der Waals surface area contributed by atoms with E-state index in [-0.39, 0.29) is 23.7 Å². The van der Waals surface area contributed by atoms with Crippen LogP contribution in [0.15, 0.2) is 158 Å². The Kier molecular flexibility index (Phi) is 6.03. The summed E-state index contributed by atoms with van der Waals surface area (Å²) in [5.41, 5.74) is 13.5. The molecule has 0 radical (unpaired) electrons. The molecule has 0 spiro atoms. The Bertz CT molecular complexity index is 2280. The van der Waals surface area contributed by atoms with E-state index in [2.05, 4.69) is 176 Å². The summed E-state index contributed by atoms with van der Waals surface area (Å²) in [7, 11) is 0. The van der Waals surface area contributed by atoms with E-state index in [1.807, 2.05) is 0 Å². The van der Waals surface area contributed by atoms with E-state index >= 15 is 0 Å². The summed E-state index contributed by atoms with van der Waals surface area (Å²) in [4.78, 5) is 3.94. The normalized spacial score (nSPS) is 24.2. The van der Waals surface area contributed by atoms with E-state index in [1.165, 1.54) is 71.5 Å². The van der Waals surface area contributed by atoms with E-state index in [0.29, 0.717) is 5.92 Å². The highest BCUT2D eigenvalue weighted by molar-refractivity contribution is 5.96. The van der Waals surface area contributed by atoms with Crippen LogP contribution >= 0.6 is 0 Å². The number of nitrogens with zero attached hydrogens (tertiary/aromatic N) is 2. The molecule has 6 aromatic carbocycles. The molecule has 0 bridgehead atoms. The van der Waals surface area contributed by atoms with Gasteiger partial charge in [0.1, 0.15) is 5.69 Å². The van der Waals surface area contributed by atoms with Crippen molar-refractivity contribution in [1.29, 1.82) is 0 Å². The molecule has 232 valence electrons. The van der Waals surface area contributed by atoms with Crippen molar-refractivity contribution in [2.24, 2.45) is 5.92 Å². The molecular formula is C45H37N3. The molecule has 1 N–H and O–H groups in total. The molecule has 0 amide bonds. The quantitative estimate of drug-likeness (QED) is 0.211. The molecular weight excluding hydrogens is 583 g/mol. The first-order valence-corrected chi connectivity index (χ1v) is 17.2. The number of hydrogen-bond donors (Lipinski definition) is 1. The van der Waals surface area contributed by atoms with Gasteiger partial charge in [-0.3, -0.25) is 0 Å². The van der Waals surface area contributed by atoms with Crippen molar-refractivity contribution in [1.82, 2.24) is 0 Å². The molecule has 6 aromatic rings. The third-order valence-electron chi connectivity index (χ3n) is 11.5. The van der Waals surface area contributed by atoms with Gasteiger partial charge in [0.15, 0.2) is 0 Å². The standard InChI is InChI=1S/C45H36N3/c1-45(2)37-23-13-11-21-35(37)39-33-19-9-10-20-34(33)42-40(41(39)45)36-22-12-14-24-38(36)47(42)31-25-27-32(28-26-31)48-43(29-15-5-3-6-16-29)46-44(48)30-17-7-4-8-18-30/h3-28,40-41,43-44H,1-2H3/q-1/p+1. The second kappa shape index (κ2) is 10.4. The second-order valence-corrected chi connectivity index (χ2v) is 14.2. The van der Waals surface area contributed by atoms with Crippen molar-refractivity contribution in [3.63, 3.8) is 0 Å². The van der Waals surface area contributed by atoms with Crippen LogP contribution in [0.25, 0.3) is 16.6 Å². The Labute approximate surface area is 282 Å². The van der Waals surface area contributed by atoms with Crippen LogP contribution in [0.3, 0.4) is 0 Å². The van der Waals surface area contributed by atoms with Gasteiger partial charge in [-0.2, -0.15) is 0 Å². The molecule has 3 heteroatoms. The van der Waals surface area contributed by atoms with Crippen molar-refractivity contribution in [2.45, 2.75) is 37.5 Å². The molecule has 4 unspecified atom stereocenters. The molecule has 4 aliphatic rings. The number of hydrogen-bond acceptors (Lipinski definition) is 1. The molecule has 3 nitrogen and oxygen atoms in total. The fourth-order valence-electron chi connectivity index (χ4n) is 9.38. The Morgan fingerprint density at radius 3 is 1.88 bits per heavy atom. The maximum absolute atomic E-state index is 5.24. The van der Waals surface area contributed by atoms with Crippen LogP contribution in [-0.2, 0) is 5.41 Å². The van der Waals surface area contributed by atoms with Crippen LogP contribution in [0, 0.1) is 5.92 Å². The lowest BCUT2D eigenvalue weighted by molar-refractivity contribution is -0.927. The third kappa shape index (κ3) is 3.83. The number of nitrogens with one attached hydrogen (secondary N) is 1. The highest BCUT2D eigenvalue weighted by Gasteiger charge is 2.53. The predicted octanol–water partition coefficient (Wildman–Crippen LogP) is 8.15. The minimum absolute atomic E-state index is 0.00832. The number of quaternary nitrogens is 1. The molecule has 2 heterocycles. The van der Waals surface area contributed by atoms with Gasteiger partial charge in [-0.15, -0.1) is 0 Å². The molecule has 2 aliphatic heterocycles. The lowest BCUT2D eigenvalue weighted by Crippen LogP contribution is -3.13. The van der Waals surface area contributed by atoms with Crippen molar-refractivity contribution < 1.29 is 4.90 Å². The van der Waals surface area contributed by atoms with Crippen molar-refractivity contribution >= 4 is 28.3 Å². The number of fused-ring (bicyclic) bond motifs is 8. The van der Waals surface area contributed by atoms with Gasteiger partial charge in [0, 0.05) is 58.6 Å². The molecule has 1 saturated heterocycles. The van der Waals surface area contributed by atoms with Gasteiger partial charge < -0.3 is 15.1 Å².